The first-order valence-electron chi connectivity index (χ1n) is 4.86. The number of ether oxygens (including phenoxy) is 1. The van der Waals surface area contributed by atoms with E-state index in [0.717, 1.165) is 6.20 Å². The zero-order valence-electron chi connectivity index (χ0n) is 8.95. The van der Waals surface area contributed by atoms with Crippen LogP contribution in [0.5, 0.6) is 11.5 Å². The third-order valence-electron chi connectivity index (χ3n) is 2.14. The van der Waals surface area contributed by atoms with Crippen LogP contribution in [0.15, 0.2) is 30.5 Å². The fourth-order valence-corrected chi connectivity index (χ4v) is 1.30. The van der Waals surface area contributed by atoms with Crippen molar-refractivity contribution in [3.05, 3.63) is 41.7 Å². The predicted molar refractivity (Wildman–Crippen MR) is 58.6 cm³/mol. The third-order valence-corrected chi connectivity index (χ3v) is 2.14. The molecule has 0 atom stereocenters. The van der Waals surface area contributed by atoms with Crippen LogP contribution >= 0.6 is 0 Å². The Balaban J connectivity index is 2.25. The van der Waals surface area contributed by atoms with E-state index in [-0.39, 0.29) is 22.8 Å². The lowest BCUT2D eigenvalue weighted by molar-refractivity contribution is 0.0664. The quantitative estimate of drug-likeness (QED) is 0.552. The van der Waals surface area contributed by atoms with Crippen molar-refractivity contribution in [1.29, 1.82) is 0 Å². The Kier molecular flexibility index (Phi) is 2.96. The molecule has 0 unspecified atom stereocenters. The van der Waals surface area contributed by atoms with E-state index in [1.807, 2.05) is 0 Å². The molecule has 0 saturated heterocycles. The number of hydrogen-bond acceptors (Lipinski definition) is 5. The van der Waals surface area contributed by atoms with Crippen LogP contribution in [0.3, 0.4) is 0 Å². The lowest BCUT2D eigenvalue weighted by atomic mass is 10.2. The average Bonchev–Trinajstić information content (AvgIpc) is 2.81. The number of carbonyl (C=O) groups is 2. The van der Waals surface area contributed by atoms with E-state index in [0.29, 0.717) is 0 Å². The van der Waals surface area contributed by atoms with E-state index in [2.05, 4.69) is 10.2 Å². The lowest BCUT2D eigenvalue weighted by Crippen LogP contribution is -2.13. The standard InChI is InChI=1S/C11H8N2O5/c14-7-3-1-2-4-8(7)18-11(17)9-6(10(15)16)5-12-13-9/h1-5,14H,(H,12,13)(H,15,16). The summed E-state index contributed by atoms with van der Waals surface area (Å²) < 4.78 is 4.86. The summed E-state index contributed by atoms with van der Waals surface area (Å²) >= 11 is 0. The smallest absolute Gasteiger partial charge is 0.362 e. The van der Waals surface area contributed by atoms with Crippen LogP contribution in [0, 0.1) is 0 Å². The summed E-state index contributed by atoms with van der Waals surface area (Å²) in [5.74, 6) is -2.52. The minimum Gasteiger partial charge on any atom is -0.504 e. The Morgan fingerprint density at radius 1 is 1.28 bits per heavy atom. The van der Waals surface area contributed by atoms with Crippen molar-refractivity contribution in [2.75, 3.05) is 0 Å². The number of benzene rings is 1. The SMILES string of the molecule is O=C(O)c1cn[nH]c1C(=O)Oc1ccccc1O. The average molecular weight is 248 g/mol. The van der Waals surface area contributed by atoms with Gasteiger partial charge in [0.05, 0.1) is 6.20 Å². The van der Waals surface area contributed by atoms with Gasteiger partial charge in [0.2, 0.25) is 0 Å². The Labute approximate surface area is 101 Å². The monoisotopic (exact) mass is 248 g/mol. The van der Waals surface area contributed by atoms with Crippen molar-refractivity contribution in [3.63, 3.8) is 0 Å². The van der Waals surface area contributed by atoms with Crippen molar-refractivity contribution in [2.24, 2.45) is 0 Å². The van der Waals surface area contributed by atoms with Crippen LogP contribution in [0.4, 0.5) is 0 Å². The molecule has 92 valence electrons. The molecule has 0 aliphatic rings. The highest BCUT2D eigenvalue weighted by atomic mass is 16.5. The molecule has 1 aromatic carbocycles. The summed E-state index contributed by atoms with van der Waals surface area (Å²) in [6, 6.07) is 5.84. The minimum atomic E-state index is -1.30. The topological polar surface area (TPSA) is 113 Å². The Bertz CT molecular complexity index is 605. The van der Waals surface area contributed by atoms with Crippen LogP contribution in [-0.4, -0.2) is 32.3 Å². The summed E-state index contributed by atoms with van der Waals surface area (Å²) in [4.78, 5) is 22.5. The number of phenolic OH excluding ortho intramolecular Hbond substituents is 1. The maximum absolute atomic E-state index is 11.7. The summed E-state index contributed by atoms with van der Waals surface area (Å²) in [6.07, 6.45) is 1.00. The van der Waals surface area contributed by atoms with Crippen molar-refractivity contribution in [2.45, 2.75) is 0 Å². The molecular formula is C11H8N2O5. The molecule has 0 saturated carbocycles. The predicted octanol–water partition coefficient (Wildman–Crippen LogP) is 1.03. The molecular weight excluding hydrogens is 240 g/mol. The van der Waals surface area contributed by atoms with Gasteiger partial charge in [-0.1, -0.05) is 12.1 Å². The molecule has 0 radical (unpaired) electrons. The maximum atomic E-state index is 11.7. The molecule has 0 aliphatic heterocycles. The number of phenols is 1. The summed E-state index contributed by atoms with van der Waals surface area (Å²) in [5, 5.41) is 23.9. The molecule has 1 aromatic heterocycles. The number of para-hydroxylation sites is 2. The molecule has 2 aromatic rings. The minimum absolute atomic E-state index is 0.0616. The van der Waals surface area contributed by atoms with Crippen LogP contribution in [-0.2, 0) is 0 Å². The third kappa shape index (κ3) is 2.14. The molecule has 0 fully saturated rings. The number of aromatic amines is 1. The molecule has 7 heteroatoms. The van der Waals surface area contributed by atoms with E-state index in [9.17, 15) is 14.7 Å². The molecule has 0 bridgehead atoms. The first kappa shape index (κ1) is 11.6. The number of carboxylic acids is 1. The zero-order chi connectivity index (χ0) is 13.1. The van der Waals surface area contributed by atoms with Crippen molar-refractivity contribution >= 4 is 11.9 Å². The van der Waals surface area contributed by atoms with Gasteiger partial charge in [0.15, 0.2) is 17.2 Å². The molecule has 2 rings (SSSR count). The number of aromatic carboxylic acids is 1. The molecule has 18 heavy (non-hydrogen) atoms. The van der Waals surface area contributed by atoms with Crippen molar-refractivity contribution in [3.8, 4) is 11.5 Å². The number of rotatable bonds is 3. The van der Waals surface area contributed by atoms with Gasteiger partial charge in [-0.3, -0.25) is 5.10 Å². The molecule has 0 spiro atoms. The summed E-state index contributed by atoms with van der Waals surface area (Å²) in [5.41, 5.74) is -0.582. The number of carboxylic acid groups (broad SMARTS) is 1. The second-order valence-corrected chi connectivity index (χ2v) is 3.32. The number of esters is 1. The molecule has 1 heterocycles. The van der Waals surface area contributed by atoms with Gasteiger partial charge in [-0.25, -0.2) is 9.59 Å². The Morgan fingerprint density at radius 2 is 2.00 bits per heavy atom. The van der Waals surface area contributed by atoms with Crippen LogP contribution in [0.1, 0.15) is 20.8 Å². The van der Waals surface area contributed by atoms with E-state index < -0.39 is 11.9 Å². The van der Waals surface area contributed by atoms with E-state index in [1.165, 1.54) is 12.1 Å². The highest BCUT2D eigenvalue weighted by molar-refractivity contribution is 6.01. The van der Waals surface area contributed by atoms with E-state index >= 15 is 0 Å². The summed E-state index contributed by atoms with van der Waals surface area (Å²) in [6.45, 7) is 0. The maximum Gasteiger partial charge on any atom is 0.362 e. The van der Waals surface area contributed by atoms with Gasteiger partial charge < -0.3 is 14.9 Å². The number of aromatic nitrogens is 2. The molecule has 3 N–H and O–H groups in total. The van der Waals surface area contributed by atoms with Gasteiger partial charge in [0.1, 0.15) is 5.56 Å². The highest BCUT2D eigenvalue weighted by Gasteiger charge is 2.21. The fraction of sp³-hybridized carbons (Fsp3) is 0. The number of nitrogens with zero attached hydrogens (tertiary/aromatic N) is 1. The Morgan fingerprint density at radius 3 is 2.67 bits per heavy atom. The van der Waals surface area contributed by atoms with E-state index in [1.54, 1.807) is 12.1 Å². The number of aromatic hydroxyl groups is 1. The first-order valence-corrected chi connectivity index (χ1v) is 4.86. The Hall–Kier alpha value is -2.83. The zero-order valence-corrected chi connectivity index (χ0v) is 8.95. The van der Waals surface area contributed by atoms with Crippen molar-refractivity contribution < 1.29 is 24.5 Å². The van der Waals surface area contributed by atoms with Crippen LogP contribution < -0.4 is 4.74 Å². The van der Waals surface area contributed by atoms with Gasteiger partial charge in [-0.15, -0.1) is 0 Å². The second kappa shape index (κ2) is 4.58. The van der Waals surface area contributed by atoms with Gasteiger partial charge >= 0.3 is 11.9 Å². The van der Waals surface area contributed by atoms with Crippen LogP contribution in [0.25, 0.3) is 0 Å². The second-order valence-electron chi connectivity index (χ2n) is 3.32. The van der Waals surface area contributed by atoms with Crippen molar-refractivity contribution in [1.82, 2.24) is 10.2 Å². The lowest BCUT2D eigenvalue weighted by Gasteiger charge is -2.04. The fourth-order valence-electron chi connectivity index (χ4n) is 1.30. The normalized spacial score (nSPS) is 10.0. The number of hydrogen-bond donors (Lipinski definition) is 3. The molecule has 0 amide bonds. The molecule has 0 aliphatic carbocycles. The van der Waals surface area contributed by atoms with Gasteiger partial charge in [-0.05, 0) is 12.1 Å². The number of carbonyl (C=O) groups excluding carboxylic acids is 1. The van der Waals surface area contributed by atoms with E-state index in [4.69, 9.17) is 9.84 Å². The largest absolute Gasteiger partial charge is 0.504 e. The van der Waals surface area contributed by atoms with Gasteiger partial charge in [0, 0.05) is 0 Å². The first-order chi connectivity index (χ1) is 8.59. The van der Waals surface area contributed by atoms with Gasteiger partial charge in [0.25, 0.3) is 0 Å². The highest BCUT2D eigenvalue weighted by Crippen LogP contribution is 2.25. The number of nitrogens with one attached hydrogen (secondary N) is 1. The number of H-pyrrole nitrogens is 1. The van der Waals surface area contributed by atoms with Gasteiger partial charge in [-0.2, -0.15) is 5.10 Å². The summed E-state index contributed by atoms with van der Waals surface area (Å²) in [7, 11) is 0. The molecule has 7 nitrogen and oxygen atoms in total. The van der Waals surface area contributed by atoms with Crippen LogP contribution in [0.2, 0.25) is 0 Å².